The van der Waals surface area contributed by atoms with E-state index in [1.54, 1.807) is 18.2 Å². The van der Waals surface area contributed by atoms with Crippen molar-refractivity contribution < 1.29 is 20.5 Å². The Hall–Kier alpha value is -2.09. The predicted octanol–water partition coefficient (Wildman–Crippen LogP) is -1.76. The minimum atomic E-state index is -1.07. The van der Waals surface area contributed by atoms with Crippen LogP contribution in [-0.4, -0.2) is 11.1 Å². The van der Waals surface area contributed by atoms with E-state index >= 15 is 0 Å². The number of carbonyl (C=O) groups excluding carboxylic acids is 1. The lowest BCUT2D eigenvalue weighted by Gasteiger charge is -2.13. The van der Waals surface area contributed by atoms with Crippen molar-refractivity contribution in [3.63, 3.8) is 0 Å². The molecule has 0 spiro atoms. The fourth-order valence-corrected chi connectivity index (χ4v) is 1.10. The molecule has 1 amide bonds. The van der Waals surface area contributed by atoms with Crippen molar-refractivity contribution in [2.24, 2.45) is 0 Å². The van der Waals surface area contributed by atoms with Gasteiger partial charge in [0.05, 0.1) is 0 Å². The Bertz CT molecular complexity index is 417. The normalized spacial score (nSPS) is 12.4. The van der Waals surface area contributed by atoms with Crippen LogP contribution in [0.3, 0.4) is 0 Å². The Balaban J connectivity index is 2.88. The summed E-state index contributed by atoms with van der Waals surface area (Å²) >= 11 is 0. The zero-order valence-corrected chi connectivity index (χ0v) is 8.18. The van der Waals surface area contributed by atoms with Gasteiger partial charge in [-0.05, 0) is 18.2 Å². The molecule has 1 unspecified atom stereocenters. The van der Waals surface area contributed by atoms with Gasteiger partial charge >= 0.3 is 0 Å². The van der Waals surface area contributed by atoms with Gasteiger partial charge in [0.1, 0.15) is 0 Å². The predicted molar refractivity (Wildman–Crippen MR) is 53.7 cm³/mol. The van der Waals surface area contributed by atoms with Gasteiger partial charge in [-0.3, -0.25) is 4.79 Å². The summed E-state index contributed by atoms with van der Waals surface area (Å²) in [6, 6.07) is 6.26. The largest absolute Gasteiger partial charge is 0.595 e. The number of carbonyl (C=O) groups is 1. The van der Waals surface area contributed by atoms with E-state index in [0.717, 1.165) is 6.08 Å². The molecular formula is C9H10N4O3. The van der Waals surface area contributed by atoms with Crippen LogP contribution in [0.15, 0.2) is 30.3 Å². The molecular weight excluding hydrogens is 212 g/mol. The van der Waals surface area contributed by atoms with E-state index in [4.69, 9.17) is 10.7 Å². The summed E-state index contributed by atoms with van der Waals surface area (Å²) < 4.78 is 0. The number of hydrogen-bond donors (Lipinski definition) is 4. The van der Waals surface area contributed by atoms with Crippen LogP contribution in [0.4, 0.5) is 5.69 Å². The highest BCUT2D eigenvalue weighted by molar-refractivity contribution is 5.91. The SMILES string of the molecule is [N-]=[NH+]NC(=O)C=Cc1ccccc1[NH+]([O-])O. The Morgan fingerprint density at radius 1 is 1.56 bits per heavy atom. The molecule has 16 heavy (non-hydrogen) atoms. The first-order valence-electron chi connectivity index (χ1n) is 4.34. The lowest BCUT2D eigenvalue weighted by Crippen LogP contribution is -2.99. The number of hydrazine groups is 1. The molecule has 0 heterocycles. The Morgan fingerprint density at radius 2 is 2.25 bits per heavy atom. The number of quaternary nitrogens is 1. The third kappa shape index (κ3) is 3.24. The fraction of sp³-hybridized carbons (Fsp3) is 0. The Kier molecular flexibility index (Phi) is 4.28. The van der Waals surface area contributed by atoms with Crippen molar-refractivity contribution in [3.05, 3.63) is 46.6 Å². The van der Waals surface area contributed by atoms with E-state index in [9.17, 15) is 10.0 Å². The number of benzene rings is 1. The number of rotatable bonds is 4. The average molecular weight is 222 g/mol. The van der Waals surface area contributed by atoms with E-state index in [1.807, 2.05) is 5.43 Å². The van der Waals surface area contributed by atoms with Crippen LogP contribution in [0, 0.1) is 5.21 Å². The van der Waals surface area contributed by atoms with Gasteiger partial charge in [-0.15, -0.1) is 0 Å². The highest BCUT2D eigenvalue weighted by Crippen LogP contribution is 2.11. The monoisotopic (exact) mass is 222 g/mol. The van der Waals surface area contributed by atoms with Gasteiger partial charge < -0.3 is 5.21 Å². The van der Waals surface area contributed by atoms with E-state index in [2.05, 4.69) is 0 Å². The molecule has 0 saturated carbocycles. The van der Waals surface area contributed by atoms with Gasteiger partial charge in [0, 0.05) is 11.6 Å². The van der Waals surface area contributed by atoms with Gasteiger partial charge in [-0.25, -0.2) is 10.6 Å². The highest BCUT2D eigenvalue weighted by Gasteiger charge is 2.04. The zero-order chi connectivity index (χ0) is 12.0. The molecule has 0 aliphatic heterocycles. The molecule has 1 aromatic rings. The molecule has 1 rings (SSSR count). The number of para-hydroxylation sites is 1. The Morgan fingerprint density at radius 3 is 2.88 bits per heavy atom. The van der Waals surface area contributed by atoms with Crippen molar-refractivity contribution >= 4 is 17.7 Å². The van der Waals surface area contributed by atoms with Gasteiger partial charge in [0.15, 0.2) is 5.69 Å². The maximum absolute atomic E-state index is 10.9. The highest BCUT2D eigenvalue weighted by atomic mass is 16.8. The van der Waals surface area contributed by atoms with E-state index in [1.165, 1.54) is 17.4 Å². The fourth-order valence-electron chi connectivity index (χ4n) is 1.10. The third-order valence-corrected chi connectivity index (χ3v) is 1.78. The maximum Gasteiger partial charge on any atom is 0.215 e. The van der Waals surface area contributed by atoms with Crippen LogP contribution in [0.1, 0.15) is 5.56 Å². The number of nitrogens with one attached hydrogen (secondary N) is 3. The minimum Gasteiger partial charge on any atom is -0.595 e. The molecule has 7 nitrogen and oxygen atoms in total. The summed E-state index contributed by atoms with van der Waals surface area (Å²) in [7, 11) is 0. The molecule has 0 aliphatic rings. The van der Waals surface area contributed by atoms with E-state index in [-0.39, 0.29) is 5.69 Å². The number of nitrogens with zero attached hydrogens (tertiary/aromatic N) is 1. The van der Waals surface area contributed by atoms with Gasteiger partial charge in [-0.1, -0.05) is 12.1 Å². The van der Waals surface area contributed by atoms with Gasteiger partial charge in [0.2, 0.25) is 5.91 Å². The van der Waals surface area contributed by atoms with Crippen molar-refractivity contribution in [3.8, 4) is 0 Å². The summed E-state index contributed by atoms with van der Waals surface area (Å²) in [5.41, 5.74) is 10.6. The molecule has 0 aromatic heterocycles. The first kappa shape index (κ1) is 12.0. The van der Waals surface area contributed by atoms with Crippen molar-refractivity contribution in [2.75, 3.05) is 0 Å². The van der Waals surface area contributed by atoms with Gasteiger partial charge in [-0.2, -0.15) is 16.0 Å². The van der Waals surface area contributed by atoms with Crippen molar-refractivity contribution in [1.82, 2.24) is 5.43 Å². The first-order chi connectivity index (χ1) is 7.65. The lowest BCUT2D eigenvalue weighted by atomic mass is 10.1. The van der Waals surface area contributed by atoms with Crippen molar-refractivity contribution in [2.45, 2.75) is 0 Å². The van der Waals surface area contributed by atoms with Crippen LogP contribution in [0.2, 0.25) is 0 Å². The molecule has 0 radical (unpaired) electrons. The van der Waals surface area contributed by atoms with E-state index < -0.39 is 11.1 Å². The molecule has 4 N–H and O–H groups in total. The molecule has 0 bridgehead atoms. The number of amides is 1. The number of hydrogen-bond acceptors (Lipinski definition) is 3. The van der Waals surface area contributed by atoms with Crippen LogP contribution in [0.25, 0.3) is 11.6 Å². The average Bonchev–Trinajstić information content (AvgIpc) is 2.27. The second-order valence-electron chi connectivity index (χ2n) is 2.83. The first-order valence-corrected chi connectivity index (χ1v) is 4.34. The van der Waals surface area contributed by atoms with Crippen LogP contribution in [0.5, 0.6) is 0 Å². The van der Waals surface area contributed by atoms with Crippen LogP contribution >= 0.6 is 0 Å². The summed E-state index contributed by atoms with van der Waals surface area (Å²) in [6.45, 7) is 0. The lowest BCUT2D eigenvalue weighted by molar-refractivity contribution is -0.991. The zero-order valence-electron chi connectivity index (χ0n) is 8.18. The standard InChI is InChI=1S/C9H10N4O3/c10-12-11-9(14)6-5-7-3-1-2-4-8(7)13(15)16/h1-6,12-13,15H,(H-,10,11,14). The third-order valence-electron chi connectivity index (χ3n) is 1.78. The summed E-state index contributed by atoms with van der Waals surface area (Å²) in [4.78, 5) is 10.9. The second-order valence-corrected chi connectivity index (χ2v) is 2.83. The summed E-state index contributed by atoms with van der Waals surface area (Å²) in [5, 5.41) is 20.1. The minimum absolute atomic E-state index is 0.100. The van der Waals surface area contributed by atoms with Crippen LogP contribution < -0.4 is 15.9 Å². The molecule has 84 valence electrons. The molecule has 0 saturated heterocycles. The molecule has 0 aliphatic carbocycles. The van der Waals surface area contributed by atoms with Crippen LogP contribution in [-0.2, 0) is 4.79 Å². The quantitative estimate of drug-likeness (QED) is 0.275. The molecule has 1 aromatic carbocycles. The molecule has 0 fully saturated rings. The van der Waals surface area contributed by atoms with E-state index in [0.29, 0.717) is 5.56 Å². The summed E-state index contributed by atoms with van der Waals surface area (Å²) in [6.07, 6.45) is 2.45. The molecule has 1 atom stereocenters. The smallest absolute Gasteiger partial charge is 0.215 e. The summed E-state index contributed by atoms with van der Waals surface area (Å²) in [5.74, 6) is -0.595. The van der Waals surface area contributed by atoms with Gasteiger partial charge in [0.25, 0.3) is 0 Å². The maximum atomic E-state index is 10.9. The van der Waals surface area contributed by atoms with Crippen molar-refractivity contribution in [1.29, 1.82) is 0 Å². The topological polar surface area (TPSA) is 113 Å². The molecule has 7 heteroatoms. The second kappa shape index (κ2) is 5.71. The Labute approximate surface area is 91.0 Å².